The molecule has 3 nitrogen and oxygen atoms in total. The summed E-state index contributed by atoms with van der Waals surface area (Å²) in [5.74, 6) is 0.694. The van der Waals surface area contributed by atoms with Gasteiger partial charge in [-0.3, -0.25) is 0 Å². The molecule has 4 heteroatoms. The lowest BCUT2D eigenvalue weighted by atomic mass is 9.95. The second-order valence-corrected chi connectivity index (χ2v) is 6.47. The quantitative estimate of drug-likeness (QED) is 0.874. The summed E-state index contributed by atoms with van der Waals surface area (Å²) >= 11 is 6.17. The first kappa shape index (κ1) is 16.6. The van der Waals surface area contributed by atoms with Crippen LogP contribution in [0, 0.1) is 5.92 Å². The Morgan fingerprint density at radius 3 is 2.71 bits per heavy atom. The molecule has 0 radical (unpaired) electrons. The van der Waals surface area contributed by atoms with E-state index in [0.717, 1.165) is 37.6 Å². The summed E-state index contributed by atoms with van der Waals surface area (Å²) in [6.45, 7) is 5.18. The molecule has 1 aromatic carbocycles. The Labute approximate surface area is 133 Å². The van der Waals surface area contributed by atoms with Crippen molar-refractivity contribution < 1.29 is 4.74 Å². The van der Waals surface area contributed by atoms with E-state index in [-0.39, 0.29) is 6.04 Å². The van der Waals surface area contributed by atoms with Gasteiger partial charge in [0.2, 0.25) is 0 Å². The van der Waals surface area contributed by atoms with E-state index in [1.807, 2.05) is 6.07 Å². The highest BCUT2D eigenvalue weighted by Gasteiger charge is 2.21. The van der Waals surface area contributed by atoms with Crippen LogP contribution >= 0.6 is 11.6 Å². The average molecular weight is 311 g/mol. The number of piperidine rings is 1. The Morgan fingerprint density at radius 1 is 1.38 bits per heavy atom. The number of rotatable bonds is 6. The fourth-order valence-corrected chi connectivity index (χ4v) is 3.22. The van der Waals surface area contributed by atoms with Crippen molar-refractivity contribution in [3.63, 3.8) is 0 Å². The number of hydrogen-bond donors (Lipinski definition) is 1. The van der Waals surface area contributed by atoms with Crippen LogP contribution in [0.25, 0.3) is 0 Å². The van der Waals surface area contributed by atoms with Crippen LogP contribution in [0.2, 0.25) is 5.02 Å². The standard InChI is InChI=1S/C17H27ClN2O/c1-3-16(19)11-14-10-15(18)4-5-17(14)20-8-6-13(7-9-20)12-21-2/h4-5,10,13,16H,3,6-9,11-12,19H2,1-2H3. The highest BCUT2D eigenvalue weighted by Crippen LogP contribution is 2.29. The van der Waals surface area contributed by atoms with Gasteiger partial charge in [0.15, 0.2) is 0 Å². The fraction of sp³-hybridized carbons (Fsp3) is 0.647. The van der Waals surface area contributed by atoms with Crippen LogP contribution in [0.1, 0.15) is 31.7 Å². The smallest absolute Gasteiger partial charge is 0.0491 e. The molecule has 0 bridgehead atoms. The van der Waals surface area contributed by atoms with Gasteiger partial charge in [-0.25, -0.2) is 0 Å². The Morgan fingerprint density at radius 2 is 2.10 bits per heavy atom. The van der Waals surface area contributed by atoms with Crippen molar-refractivity contribution in [3.8, 4) is 0 Å². The Kier molecular flexibility index (Phi) is 6.34. The van der Waals surface area contributed by atoms with Crippen LogP contribution in [0.5, 0.6) is 0 Å². The van der Waals surface area contributed by atoms with Crippen LogP contribution in [0.3, 0.4) is 0 Å². The second-order valence-electron chi connectivity index (χ2n) is 6.03. The average Bonchev–Trinajstić information content (AvgIpc) is 2.49. The lowest BCUT2D eigenvalue weighted by Crippen LogP contribution is -2.36. The van der Waals surface area contributed by atoms with Gasteiger partial charge in [0.1, 0.15) is 0 Å². The van der Waals surface area contributed by atoms with E-state index in [1.54, 1.807) is 7.11 Å². The van der Waals surface area contributed by atoms with Gasteiger partial charge in [0.05, 0.1) is 0 Å². The number of ether oxygens (including phenoxy) is 1. The van der Waals surface area contributed by atoms with Gasteiger partial charge in [-0.05, 0) is 55.4 Å². The zero-order valence-electron chi connectivity index (χ0n) is 13.1. The molecule has 0 saturated carbocycles. The van der Waals surface area contributed by atoms with Gasteiger partial charge in [-0.15, -0.1) is 0 Å². The minimum Gasteiger partial charge on any atom is -0.384 e. The molecule has 2 N–H and O–H groups in total. The van der Waals surface area contributed by atoms with E-state index in [9.17, 15) is 0 Å². The van der Waals surface area contributed by atoms with Crippen molar-refractivity contribution in [2.45, 2.75) is 38.6 Å². The van der Waals surface area contributed by atoms with E-state index < -0.39 is 0 Å². The molecular formula is C17H27ClN2O. The summed E-state index contributed by atoms with van der Waals surface area (Å²) < 4.78 is 5.28. The lowest BCUT2D eigenvalue weighted by molar-refractivity contribution is 0.139. The molecule has 0 amide bonds. The molecule has 2 rings (SSSR count). The van der Waals surface area contributed by atoms with E-state index in [0.29, 0.717) is 5.92 Å². The van der Waals surface area contributed by atoms with Gasteiger partial charge in [0, 0.05) is 43.6 Å². The van der Waals surface area contributed by atoms with Crippen LogP contribution < -0.4 is 10.6 Å². The molecular weight excluding hydrogens is 284 g/mol. The predicted molar refractivity (Wildman–Crippen MR) is 90.2 cm³/mol. The zero-order valence-corrected chi connectivity index (χ0v) is 13.9. The molecule has 1 saturated heterocycles. The molecule has 1 heterocycles. The maximum atomic E-state index is 6.17. The third-order valence-corrected chi connectivity index (χ3v) is 4.64. The fourth-order valence-electron chi connectivity index (χ4n) is 3.03. The van der Waals surface area contributed by atoms with Crippen molar-refractivity contribution in [1.29, 1.82) is 0 Å². The Balaban J connectivity index is 2.09. The van der Waals surface area contributed by atoms with Gasteiger partial charge < -0.3 is 15.4 Å². The van der Waals surface area contributed by atoms with Crippen molar-refractivity contribution >= 4 is 17.3 Å². The number of methoxy groups -OCH3 is 1. The lowest BCUT2D eigenvalue weighted by Gasteiger charge is -2.35. The normalized spacial score (nSPS) is 18.0. The molecule has 0 aromatic heterocycles. The first-order valence-corrected chi connectivity index (χ1v) is 8.29. The third kappa shape index (κ3) is 4.60. The minimum absolute atomic E-state index is 0.202. The van der Waals surface area contributed by atoms with Crippen LogP contribution in [-0.2, 0) is 11.2 Å². The summed E-state index contributed by atoms with van der Waals surface area (Å²) in [5, 5.41) is 0.798. The maximum absolute atomic E-state index is 6.17. The summed E-state index contributed by atoms with van der Waals surface area (Å²) in [5.41, 5.74) is 8.72. The molecule has 118 valence electrons. The second kappa shape index (κ2) is 8.02. The van der Waals surface area contributed by atoms with Crippen molar-refractivity contribution in [3.05, 3.63) is 28.8 Å². The first-order valence-electron chi connectivity index (χ1n) is 7.92. The summed E-state index contributed by atoms with van der Waals surface area (Å²) in [7, 11) is 1.79. The van der Waals surface area contributed by atoms with Gasteiger partial charge in [0.25, 0.3) is 0 Å². The SMILES string of the molecule is CCC(N)Cc1cc(Cl)ccc1N1CCC(COC)CC1. The molecule has 1 atom stereocenters. The van der Waals surface area contributed by atoms with E-state index >= 15 is 0 Å². The molecule has 1 aliphatic heterocycles. The van der Waals surface area contributed by atoms with E-state index in [2.05, 4.69) is 24.0 Å². The largest absolute Gasteiger partial charge is 0.384 e. The molecule has 0 aliphatic carbocycles. The van der Waals surface area contributed by atoms with Crippen molar-refractivity contribution in [1.82, 2.24) is 0 Å². The molecule has 1 aliphatic rings. The summed E-state index contributed by atoms with van der Waals surface area (Å²) in [6.07, 6.45) is 4.26. The number of nitrogens with two attached hydrogens (primary N) is 1. The van der Waals surface area contributed by atoms with Crippen LogP contribution in [0.4, 0.5) is 5.69 Å². The minimum atomic E-state index is 0.202. The maximum Gasteiger partial charge on any atom is 0.0491 e. The highest BCUT2D eigenvalue weighted by atomic mass is 35.5. The molecule has 21 heavy (non-hydrogen) atoms. The number of halogens is 1. The Hall–Kier alpha value is -0.770. The Bertz CT molecular complexity index is 444. The van der Waals surface area contributed by atoms with Crippen LogP contribution in [0.15, 0.2) is 18.2 Å². The number of hydrogen-bond acceptors (Lipinski definition) is 3. The summed E-state index contributed by atoms with van der Waals surface area (Å²) in [6, 6.07) is 6.41. The van der Waals surface area contributed by atoms with Crippen molar-refractivity contribution in [2.24, 2.45) is 11.7 Å². The third-order valence-electron chi connectivity index (χ3n) is 4.41. The van der Waals surface area contributed by atoms with E-state index in [4.69, 9.17) is 22.1 Å². The molecule has 0 spiro atoms. The predicted octanol–water partition coefficient (Wildman–Crippen LogP) is 3.48. The number of benzene rings is 1. The molecule has 1 aromatic rings. The highest BCUT2D eigenvalue weighted by molar-refractivity contribution is 6.30. The number of nitrogens with zero attached hydrogens (tertiary/aromatic N) is 1. The topological polar surface area (TPSA) is 38.5 Å². The van der Waals surface area contributed by atoms with E-state index in [1.165, 1.54) is 24.1 Å². The monoisotopic (exact) mass is 310 g/mol. The summed E-state index contributed by atoms with van der Waals surface area (Å²) in [4.78, 5) is 2.47. The van der Waals surface area contributed by atoms with Gasteiger partial charge >= 0.3 is 0 Å². The van der Waals surface area contributed by atoms with Crippen molar-refractivity contribution in [2.75, 3.05) is 31.7 Å². The number of anilines is 1. The zero-order chi connectivity index (χ0) is 15.2. The first-order chi connectivity index (χ1) is 10.1. The molecule has 1 fully saturated rings. The molecule has 1 unspecified atom stereocenters. The van der Waals surface area contributed by atoms with Crippen LogP contribution in [-0.4, -0.2) is 32.8 Å². The van der Waals surface area contributed by atoms with Gasteiger partial charge in [-0.1, -0.05) is 18.5 Å². The van der Waals surface area contributed by atoms with Gasteiger partial charge in [-0.2, -0.15) is 0 Å².